The SMILES string of the molecule is CC(C)c1nnc(CN2CCCC2CC(O)c2ccccc2)n1C. The first-order chi connectivity index (χ1) is 11.6. The molecule has 0 radical (unpaired) electrons. The molecule has 0 aliphatic carbocycles. The minimum absolute atomic E-state index is 0.380. The molecule has 1 aliphatic heterocycles. The summed E-state index contributed by atoms with van der Waals surface area (Å²) in [7, 11) is 2.05. The summed E-state index contributed by atoms with van der Waals surface area (Å²) in [6.07, 6.45) is 2.70. The van der Waals surface area contributed by atoms with Gasteiger partial charge in [0, 0.05) is 19.0 Å². The Morgan fingerprint density at radius 3 is 2.62 bits per heavy atom. The number of likely N-dealkylation sites (tertiary alicyclic amines) is 1. The summed E-state index contributed by atoms with van der Waals surface area (Å²) in [6.45, 7) is 6.16. The van der Waals surface area contributed by atoms with Crippen molar-refractivity contribution < 1.29 is 5.11 Å². The molecular formula is C19H28N4O. The highest BCUT2D eigenvalue weighted by Gasteiger charge is 2.28. The van der Waals surface area contributed by atoms with Crippen LogP contribution in [0.25, 0.3) is 0 Å². The number of aromatic nitrogens is 3. The fourth-order valence-corrected chi connectivity index (χ4v) is 3.64. The van der Waals surface area contributed by atoms with E-state index in [-0.39, 0.29) is 0 Å². The molecule has 1 N–H and O–H groups in total. The van der Waals surface area contributed by atoms with E-state index in [0.717, 1.165) is 43.1 Å². The molecule has 2 unspecified atom stereocenters. The maximum absolute atomic E-state index is 10.5. The minimum Gasteiger partial charge on any atom is -0.388 e. The van der Waals surface area contributed by atoms with Gasteiger partial charge < -0.3 is 9.67 Å². The number of rotatable bonds is 6. The van der Waals surface area contributed by atoms with Gasteiger partial charge in [-0.15, -0.1) is 10.2 Å². The van der Waals surface area contributed by atoms with Crippen LogP contribution in [0.4, 0.5) is 0 Å². The molecule has 24 heavy (non-hydrogen) atoms. The zero-order valence-corrected chi connectivity index (χ0v) is 14.9. The maximum atomic E-state index is 10.5. The summed E-state index contributed by atoms with van der Waals surface area (Å²) in [4.78, 5) is 2.44. The number of aliphatic hydroxyl groups excluding tert-OH is 1. The maximum Gasteiger partial charge on any atom is 0.146 e. The highest BCUT2D eigenvalue weighted by molar-refractivity contribution is 5.17. The number of hydrogen-bond acceptors (Lipinski definition) is 4. The Kier molecular flexibility index (Phi) is 5.31. The van der Waals surface area contributed by atoms with Crippen LogP contribution < -0.4 is 0 Å². The van der Waals surface area contributed by atoms with E-state index in [1.807, 2.05) is 30.3 Å². The van der Waals surface area contributed by atoms with Gasteiger partial charge in [0.1, 0.15) is 11.6 Å². The molecule has 0 bridgehead atoms. The third-order valence-electron chi connectivity index (χ3n) is 5.04. The van der Waals surface area contributed by atoms with Gasteiger partial charge in [0.15, 0.2) is 0 Å². The Bertz CT molecular complexity index is 653. The summed E-state index contributed by atoms with van der Waals surface area (Å²) in [6, 6.07) is 10.4. The quantitative estimate of drug-likeness (QED) is 0.885. The monoisotopic (exact) mass is 328 g/mol. The lowest BCUT2D eigenvalue weighted by atomic mass is 10.0. The Morgan fingerprint density at radius 2 is 1.96 bits per heavy atom. The van der Waals surface area contributed by atoms with E-state index in [0.29, 0.717) is 12.0 Å². The van der Waals surface area contributed by atoms with Gasteiger partial charge in [0.25, 0.3) is 0 Å². The van der Waals surface area contributed by atoms with Crippen molar-refractivity contribution in [2.24, 2.45) is 7.05 Å². The van der Waals surface area contributed by atoms with E-state index in [9.17, 15) is 5.11 Å². The zero-order valence-electron chi connectivity index (χ0n) is 14.9. The van der Waals surface area contributed by atoms with E-state index in [1.165, 1.54) is 6.42 Å². The van der Waals surface area contributed by atoms with Crippen molar-refractivity contribution in [3.63, 3.8) is 0 Å². The Hall–Kier alpha value is -1.72. The Balaban J connectivity index is 1.65. The molecule has 1 fully saturated rings. The Labute approximate surface area is 144 Å². The molecule has 1 aliphatic rings. The van der Waals surface area contributed by atoms with Crippen LogP contribution >= 0.6 is 0 Å². The molecule has 2 heterocycles. The van der Waals surface area contributed by atoms with Crippen LogP contribution in [0, 0.1) is 0 Å². The molecule has 5 nitrogen and oxygen atoms in total. The number of aliphatic hydroxyl groups is 1. The number of benzene rings is 1. The van der Waals surface area contributed by atoms with Crippen molar-refractivity contribution in [3.8, 4) is 0 Å². The van der Waals surface area contributed by atoms with Crippen LogP contribution in [0.1, 0.15) is 62.3 Å². The van der Waals surface area contributed by atoms with E-state index >= 15 is 0 Å². The van der Waals surface area contributed by atoms with Crippen molar-refractivity contribution in [2.45, 2.75) is 57.7 Å². The summed E-state index contributed by atoms with van der Waals surface area (Å²) in [5, 5.41) is 19.2. The van der Waals surface area contributed by atoms with Crippen LogP contribution in [-0.4, -0.2) is 37.4 Å². The number of nitrogens with zero attached hydrogens (tertiary/aromatic N) is 4. The lowest BCUT2D eigenvalue weighted by Gasteiger charge is -2.26. The average molecular weight is 328 g/mol. The molecule has 1 saturated heterocycles. The first-order valence-electron chi connectivity index (χ1n) is 8.91. The van der Waals surface area contributed by atoms with E-state index in [1.54, 1.807) is 0 Å². The first-order valence-corrected chi connectivity index (χ1v) is 8.91. The molecule has 3 rings (SSSR count). The van der Waals surface area contributed by atoms with Crippen molar-refractivity contribution in [3.05, 3.63) is 47.5 Å². The topological polar surface area (TPSA) is 54.2 Å². The van der Waals surface area contributed by atoms with Crippen molar-refractivity contribution in [2.75, 3.05) is 6.54 Å². The van der Waals surface area contributed by atoms with Gasteiger partial charge in [0.05, 0.1) is 12.6 Å². The lowest BCUT2D eigenvalue weighted by molar-refractivity contribution is 0.116. The van der Waals surface area contributed by atoms with Gasteiger partial charge in [-0.25, -0.2) is 0 Å². The molecule has 1 aromatic carbocycles. The number of hydrogen-bond donors (Lipinski definition) is 1. The van der Waals surface area contributed by atoms with Crippen LogP contribution in [0.2, 0.25) is 0 Å². The average Bonchev–Trinajstić information content (AvgIpc) is 3.16. The highest BCUT2D eigenvalue weighted by atomic mass is 16.3. The highest BCUT2D eigenvalue weighted by Crippen LogP contribution is 2.28. The Morgan fingerprint density at radius 1 is 1.21 bits per heavy atom. The summed E-state index contributed by atoms with van der Waals surface area (Å²) in [5.74, 6) is 2.43. The van der Waals surface area contributed by atoms with Crippen LogP contribution in [0.15, 0.2) is 30.3 Å². The normalized spacial score (nSPS) is 20.0. The van der Waals surface area contributed by atoms with E-state index < -0.39 is 6.10 Å². The van der Waals surface area contributed by atoms with Crippen molar-refractivity contribution in [1.29, 1.82) is 0 Å². The zero-order chi connectivity index (χ0) is 17.1. The van der Waals surface area contributed by atoms with Gasteiger partial charge in [0.2, 0.25) is 0 Å². The van der Waals surface area contributed by atoms with Crippen molar-refractivity contribution in [1.82, 2.24) is 19.7 Å². The third-order valence-corrected chi connectivity index (χ3v) is 5.04. The molecule has 0 amide bonds. The molecule has 0 saturated carbocycles. The van der Waals surface area contributed by atoms with Gasteiger partial charge in [-0.05, 0) is 31.4 Å². The smallest absolute Gasteiger partial charge is 0.146 e. The predicted octanol–water partition coefficient (Wildman–Crippen LogP) is 3.03. The summed E-state index contributed by atoms with van der Waals surface area (Å²) < 4.78 is 2.12. The van der Waals surface area contributed by atoms with Crippen molar-refractivity contribution >= 4 is 0 Å². The van der Waals surface area contributed by atoms with E-state index in [4.69, 9.17) is 0 Å². The molecule has 130 valence electrons. The van der Waals surface area contributed by atoms with Gasteiger partial charge in [-0.1, -0.05) is 44.2 Å². The summed E-state index contributed by atoms with van der Waals surface area (Å²) in [5.41, 5.74) is 1.00. The predicted molar refractivity (Wildman–Crippen MR) is 94.5 cm³/mol. The largest absolute Gasteiger partial charge is 0.388 e. The molecule has 0 spiro atoms. The molecule has 2 atom stereocenters. The molecule has 1 aromatic heterocycles. The van der Waals surface area contributed by atoms with Crippen LogP contribution in [0.3, 0.4) is 0 Å². The van der Waals surface area contributed by atoms with Gasteiger partial charge >= 0.3 is 0 Å². The first kappa shape index (κ1) is 17.1. The van der Waals surface area contributed by atoms with Crippen LogP contribution in [0.5, 0.6) is 0 Å². The fraction of sp³-hybridized carbons (Fsp3) is 0.579. The second-order valence-corrected chi connectivity index (χ2v) is 7.12. The molecule has 5 heteroatoms. The van der Waals surface area contributed by atoms with Gasteiger partial charge in [-0.3, -0.25) is 4.90 Å². The molecule has 2 aromatic rings. The minimum atomic E-state index is -0.400. The van der Waals surface area contributed by atoms with Gasteiger partial charge in [-0.2, -0.15) is 0 Å². The molecular weight excluding hydrogens is 300 g/mol. The third kappa shape index (κ3) is 3.68. The standard InChI is InChI=1S/C19H28N4O/c1-14(2)19-21-20-18(22(19)3)13-23-11-7-10-16(23)12-17(24)15-8-5-4-6-9-15/h4-6,8-9,14,16-17,24H,7,10-13H2,1-3H3. The fourth-order valence-electron chi connectivity index (χ4n) is 3.64. The van der Waals surface area contributed by atoms with E-state index in [2.05, 4.69) is 40.6 Å². The second-order valence-electron chi connectivity index (χ2n) is 7.12. The lowest BCUT2D eigenvalue weighted by Crippen LogP contribution is -2.31. The summed E-state index contributed by atoms with van der Waals surface area (Å²) >= 11 is 0. The van der Waals surface area contributed by atoms with Crippen LogP contribution in [-0.2, 0) is 13.6 Å². The second kappa shape index (κ2) is 7.45.